The maximum Gasteiger partial charge on any atom is 0.408 e. The van der Waals surface area contributed by atoms with Crippen molar-refractivity contribution < 1.29 is 14.6 Å². The lowest BCUT2D eigenvalue weighted by atomic mass is 10.0. The number of alkyl carbamates (subject to hydrolysis) is 1. The maximum absolute atomic E-state index is 12.0. The molecule has 1 aliphatic rings. The Hall–Kier alpha value is -1.07. The molecule has 5 heteroatoms. The fraction of sp³-hybridized carbons (Fsp3) is 0.533. The number of ether oxygens (including phenoxy) is 1. The van der Waals surface area contributed by atoms with E-state index in [0.717, 1.165) is 16.5 Å². The largest absolute Gasteiger partial charge is 0.444 e. The van der Waals surface area contributed by atoms with Crippen molar-refractivity contribution in [3.05, 3.63) is 34.3 Å². The average molecular weight is 342 g/mol. The maximum atomic E-state index is 12.0. The lowest BCUT2D eigenvalue weighted by Crippen LogP contribution is -2.40. The number of aliphatic hydroxyl groups is 1. The van der Waals surface area contributed by atoms with Crippen molar-refractivity contribution in [1.82, 2.24) is 5.32 Å². The molecule has 2 atom stereocenters. The Labute approximate surface area is 127 Å². The van der Waals surface area contributed by atoms with E-state index < -0.39 is 17.2 Å². The summed E-state index contributed by atoms with van der Waals surface area (Å²) in [5, 5.41) is 12.3. The highest BCUT2D eigenvalue weighted by Crippen LogP contribution is 2.52. The Bertz CT molecular complexity index is 512. The summed E-state index contributed by atoms with van der Waals surface area (Å²) in [5.74, 6) is 0.0318. The molecule has 2 unspecified atom stereocenters. The molecule has 2 rings (SSSR count). The SMILES string of the molecule is CC(C)(C)OC(=O)NC1(c2cccc(Br)c2)CC1CO. The highest BCUT2D eigenvalue weighted by atomic mass is 79.9. The highest BCUT2D eigenvalue weighted by molar-refractivity contribution is 9.10. The van der Waals surface area contributed by atoms with Gasteiger partial charge in [0.1, 0.15) is 5.60 Å². The van der Waals surface area contributed by atoms with Gasteiger partial charge in [0, 0.05) is 17.0 Å². The Morgan fingerprint density at radius 3 is 2.75 bits per heavy atom. The van der Waals surface area contributed by atoms with E-state index in [1.807, 2.05) is 45.0 Å². The summed E-state index contributed by atoms with van der Waals surface area (Å²) in [6.07, 6.45) is 0.271. The van der Waals surface area contributed by atoms with Gasteiger partial charge in [0.2, 0.25) is 0 Å². The van der Waals surface area contributed by atoms with Gasteiger partial charge in [-0.2, -0.15) is 0 Å². The average Bonchev–Trinajstić information content (AvgIpc) is 3.01. The van der Waals surface area contributed by atoms with Crippen LogP contribution in [-0.4, -0.2) is 23.4 Å². The van der Waals surface area contributed by atoms with E-state index in [-0.39, 0.29) is 12.5 Å². The van der Waals surface area contributed by atoms with E-state index in [4.69, 9.17) is 4.74 Å². The van der Waals surface area contributed by atoms with Crippen molar-refractivity contribution in [2.45, 2.75) is 38.3 Å². The van der Waals surface area contributed by atoms with E-state index in [0.29, 0.717) is 0 Å². The quantitative estimate of drug-likeness (QED) is 0.887. The van der Waals surface area contributed by atoms with Gasteiger partial charge in [-0.05, 0) is 44.9 Å². The molecule has 0 spiro atoms. The highest BCUT2D eigenvalue weighted by Gasteiger charge is 2.56. The third-order valence-electron chi connectivity index (χ3n) is 3.39. The van der Waals surface area contributed by atoms with Crippen LogP contribution in [0.15, 0.2) is 28.7 Å². The Kier molecular flexibility index (Phi) is 4.12. The second-order valence-electron chi connectivity index (χ2n) is 6.19. The molecule has 1 aromatic rings. The van der Waals surface area contributed by atoms with Crippen molar-refractivity contribution in [3.8, 4) is 0 Å². The number of carbonyl (C=O) groups is 1. The monoisotopic (exact) mass is 341 g/mol. The predicted molar refractivity (Wildman–Crippen MR) is 80.4 cm³/mol. The molecule has 1 fully saturated rings. The Balaban J connectivity index is 2.18. The third kappa shape index (κ3) is 3.33. The number of nitrogens with one attached hydrogen (secondary N) is 1. The fourth-order valence-corrected chi connectivity index (χ4v) is 2.78. The third-order valence-corrected chi connectivity index (χ3v) is 3.88. The number of hydrogen-bond donors (Lipinski definition) is 2. The van der Waals surface area contributed by atoms with Crippen LogP contribution < -0.4 is 5.32 Å². The topological polar surface area (TPSA) is 58.6 Å². The lowest BCUT2D eigenvalue weighted by Gasteiger charge is -2.24. The van der Waals surface area contributed by atoms with E-state index in [9.17, 15) is 9.90 Å². The number of carbonyl (C=O) groups excluding carboxylic acids is 1. The van der Waals surface area contributed by atoms with Gasteiger partial charge in [-0.25, -0.2) is 4.79 Å². The molecule has 0 aromatic heterocycles. The normalized spacial score (nSPS) is 25.1. The lowest BCUT2D eigenvalue weighted by molar-refractivity contribution is 0.0485. The molecule has 2 N–H and O–H groups in total. The number of aliphatic hydroxyl groups excluding tert-OH is 1. The number of hydrogen-bond acceptors (Lipinski definition) is 3. The number of rotatable bonds is 3. The van der Waals surface area contributed by atoms with Gasteiger partial charge in [-0.3, -0.25) is 0 Å². The Morgan fingerprint density at radius 1 is 1.55 bits per heavy atom. The van der Waals surface area contributed by atoms with E-state index in [1.165, 1.54) is 0 Å². The molecule has 0 aliphatic heterocycles. The molecule has 0 bridgehead atoms. The Morgan fingerprint density at radius 2 is 2.25 bits per heavy atom. The zero-order valence-electron chi connectivity index (χ0n) is 11.9. The van der Waals surface area contributed by atoms with Crippen molar-refractivity contribution >= 4 is 22.0 Å². The molecule has 0 heterocycles. The number of benzene rings is 1. The minimum Gasteiger partial charge on any atom is -0.444 e. The van der Waals surface area contributed by atoms with Gasteiger partial charge in [0.15, 0.2) is 0 Å². The molecular weight excluding hydrogens is 322 g/mol. The van der Waals surface area contributed by atoms with Crippen molar-refractivity contribution in [3.63, 3.8) is 0 Å². The smallest absolute Gasteiger partial charge is 0.408 e. The van der Waals surface area contributed by atoms with E-state index in [1.54, 1.807) is 0 Å². The second-order valence-corrected chi connectivity index (χ2v) is 7.11. The van der Waals surface area contributed by atoms with Crippen LogP contribution in [0.1, 0.15) is 32.8 Å². The first kappa shape index (κ1) is 15.3. The first-order chi connectivity index (χ1) is 9.27. The summed E-state index contributed by atoms with van der Waals surface area (Å²) in [7, 11) is 0. The molecule has 0 saturated heterocycles. The predicted octanol–water partition coefficient (Wildman–Crippen LogP) is 3.18. The first-order valence-electron chi connectivity index (χ1n) is 6.65. The second kappa shape index (κ2) is 5.37. The molecule has 1 aromatic carbocycles. The van der Waals surface area contributed by atoms with E-state index >= 15 is 0 Å². The van der Waals surface area contributed by atoms with Crippen LogP contribution in [0.5, 0.6) is 0 Å². The van der Waals surface area contributed by atoms with E-state index in [2.05, 4.69) is 21.2 Å². The van der Waals surface area contributed by atoms with Crippen LogP contribution >= 0.6 is 15.9 Å². The molecule has 110 valence electrons. The van der Waals surface area contributed by atoms with Gasteiger partial charge in [-0.1, -0.05) is 28.1 Å². The summed E-state index contributed by atoms with van der Waals surface area (Å²) in [5.41, 5.74) is -0.0655. The van der Waals surface area contributed by atoms with Crippen LogP contribution in [0.3, 0.4) is 0 Å². The molecule has 4 nitrogen and oxygen atoms in total. The van der Waals surface area contributed by atoms with Crippen molar-refractivity contribution in [1.29, 1.82) is 0 Å². The van der Waals surface area contributed by atoms with Crippen molar-refractivity contribution in [2.75, 3.05) is 6.61 Å². The molecule has 0 radical (unpaired) electrons. The van der Waals surface area contributed by atoms with Crippen LogP contribution in [0, 0.1) is 5.92 Å². The summed E-state index contributed by atoms with van der Waals surface area (Å²) in [6.45, 7) is 5.53. The number of amides is 1. The standard InChI is InChI=1S/C15H20BrNO3/c1-14(2,3)20-13(19)17-15(8-11(15)9-18)10-5-4-6-12(16)7-10/h4-7,11,18H,8-9H2,1-3H3,(H,17,19). The minimum atomic E-state index is -0.536. The number of halogens is 1. The summed E-state index contributed by atoms with van der Waals surface area (Å²) in [6, 6.07) is 7.77. The van der Waals surface area contributed by atoms with Crippen LogP contribution in [0.4, 0.5) is 4.79 Å². The molecule has 1 aliphatic carbocycles. The summed E-state index contributed by atoms with van der Waals surface area (Å²) < 4.78 is 6.26. The van der Waals surface area contributed by atoms with Crippen LogP contribution in [0.2, 0.25) is 0 Å². The van der Waals surface area contributed by atoms with Gasteiger partial charge in [-0.15, -0.1) is 0 Å². The minimum absolute atomic E-state index is 0.0318. The van der Waals surface area contributed by atoms with Crippen LogP contribution in [0.25, 0.3) is 0 Å². The van der Waals surface area contributed by atoms with Crippen molar-refractivity contribution in [2.24, 2.45) is 5.92 Å². The summed E-state index contributed by atoms with van der Waals surface area (Å²) in [4.78, 5) is 12.0. The summed E-state index contributed by atoms with van der Waals surface area (Å²) >= 11 is 3.43. The van der Waals surface area contributed by atoms with Gasteiger partial charge in [0.05, 0.1) is 5.54 Å². The zero-order chi connectivity index (χ0) is 15.0. The molecule has 20 heavy (non-hydrogen) atoms. The van der Waals surface area contributed by atoms with Gasteiger partial charge >= 0.3 is 6.09 Å². The zero-order valence-corrected chi connectivity index (χ0v) is 13.5. The van der Waals surface area contributed by atoms with Gasteiger partial charge < -0.3 is 15.2 Å². The molecule has 1 saturated carbocycles. The van der Waals surface area contributed by atoms with Gasteiger partial charge in [0.25, 0.3) is 0 Å². The van der Waals surface area contributed by atoms with Crippen LogP contribution in [-0.2, 0) is 10.3 Å². The first-order valence-corrected chi connectivity index (χ1v) is 7.44. The molecule has 1 amide bonds. The fourth-order valence-electron chi connectivity index (χ4n) is 2.38. The molecular formula is C15H20BrNO3.